The Labute approximate surface area is 216 Å². The van der Waals surface area contributed by atoms with E-state index in [2.05, 4.69) is 20.7 Å². The molecular weight excluding hydrogens is 531 g/mol. The molecule has 1 unspecified atom stereocenters. The molecule has 0 aliphatic carbocycles. The summed E-state index contributed by atoms with van der Waals surface area (Å²) in [5.41, 5.74) is 1.30. The van der Waals surface area contributed by atoms with Gasteiger partial charge in [0.1, 0.15) is 0 Å². The first-order valence-corrected chi connectivity index (χ1v) is 14.0. The van der Waals surface area contributed by atoms with Crippen LogP contribution in [0.2, 0.25) is 0 Å². The number of carbonyl (C=O) groups is 1. The number of aliphatic carboxylic acids is 1. The van der Waals surface area contributed by atoms with Gasteiger partial charge in [0.15, 0.2) is 5.13 Å². The normalized spacial score (nSPS) is 19.4. The summed E-state index contributed by atoms with van der Waals surface area (Å²) in [6, 6.07) is 12.6. The summed E-state index contributed by atoms with van der Waals surface area (Å²) in [6.45, 7) is 2.81. The number of thiazole rings is 1. The van der Waals surface area contributed by atoms with Gasteiger partial charge in [-0.2, -0.15) is 13.2 Å². The molecule has 3 aromatic rings. The van der Waals surface area contributed by atoms with Crippen LogP contribution >= 0.6 is 11.3 Å². The van der Waals surface area contributed by atoms with Crippen LogP contribution in [0.25, 0.3) is 10.8 Å². The van der Waals surface area contributed by atoms with Gasteiger partial charge in [-0.25, -0.2) is 18.2 Å². The van der Waals surface area contributed by atoms with Crippen molar-refractivity contribution in [3.8, 4) is 0 Å². The maximum atomic E-state index is 12.8. The van der Waals surface area contributed by atoms with E-state index < -0.39 is 22.2 Å². The van der Waals surface area contributed by atoms with Crippen LogP contribution in [-0.4, -0.2) is 61.4 Å². The van der Waals surface area contributed by atoms with Gasteiger partial charge in [-0.3, -0.25) is 9.62 Å². The van der Waals surface area contributed by atoms with Crippen molar-refractivity contribution in [1.82, 2.24) is 9.88 Å². The first kappa shape index (κ1) is 27.3. The molecule has 2 aromatic carbocycles. The molecule has 200 valence electrons. The Bertz CT molecular complexity index is 1330. The monoisotopic (exact) mass is 557 g/mol. The van der Waals surface area contributed by atoms with Crippen molar-refractivity contribution in [3.05, 3.63) is 53.5 Å². The molecule has 0 amide bonds. The predicted molar refractivity (Wildman–Crippen MR) is 133 cm³/mol. The van der Waals surface area contributed by atoms with Crippen LogP contribution in [-0.2, 0) is 19.6 Å². The van der Waals surface area contributed by atoms with Crippen molar-refractivity contribution in [2.45, 2.75) is 48.8 Å². The number of nitrogens with zero attached hydrogens (tertiary/aromatic N) is 2. The van der Waals surface area contributed by atoms with Crippen LogP contribution in [0.5, 0.6) is 0 Å². The fourth-order valence-corrected chi connectivity index (χ4v) is 6.59. The highest BCUT2D eigenvalue weighted by atomic mass is 32.2. The molecule has 3 heterocycles. The van der Waals surface area contributed by atoms with Crippen LogP contribution in [0.15, 0.2) is 52.9 Å². The van der Waals surface area contributed by atoms with Crippen molar-refractivity contribution in [1.29, 1.82) is 0 Å². The number of carboxylic acids is 1. The van der Waals surface area contributed by atoms with Crippen LogP contribution in [0.3, 0.4) is 0 Å². The van der Waals surface area contributed by atoms with Crippen molar-refractivity contribution < 1.29 is 36.2 Å². The van der Waals surface area contributed by atoms with Crippen molar-refractivity contribution >= 4 is 43.2 Å². The number of rotatable bonds is 5. The largest absolute Gasteiger partial charge is 0.490 e. The number of anilines is 1. The van der Waals surface area contributed by atoms with E-state index in [1.54, 1.807) is 23.7 Å². The number of sulfonamides is 1. The Morgan fingerprint density at radius 1 is 1.16 bits per heavy atom. The lowest BCUT2D eigenvalue weighted by Crippen LogP contribution is -2.39. The van der Waals surface area contributed by atoms with E-state index >= 15 is 0 Å². The van der Waals surface area contributed by atoms with Gasteiger partial charge in [-0.05, 0) is 60.7 Å². The second-order valence-electron chi connectivity index (χ2n) is 8.72. The third kappa shape index (κ3) is 6.58. The molecule has 0 saturated carbocycles. The molecule has 0 bridgehead atoms. The maximum absolute atomic E-state index is 12.8. The summed E-state index contributed by atoms with van der Waals surface area (Å²) in [4.78, 5) is 15.8. The quantitative estimate of drug-likeness (QED) is 0.452. The van der Waals surface area contributed by atoms with Crippen LogP contribution in [0.4, 0.5) is 18.3 Å². The Morgan fingerprint density at radius 2 is 1.89 bits per heavy atom. The maximum Gasteiger partial charge on any atom is 0.490 e. The standard InChI is InChI=1S/C22H25N3O3S2.C2HF3O2/c26-30(27,24-22-23-10-14-29-22)18-6-7-19-16(15-18)3-1-4-20(19)21-5-2-11-25(21)17-8-12-28-13-9-17;3-2(4,5)1(6)7/h1,3-4,6-7,10,14-15,17,21H,2,5,8-9,11-13H2,(H,23,24);(H,6,7). The highest BCUT2D eigenvalue weighted by Gasteiger charge is 2.38. The second-order valence-corrected chi connectivity index (χ2v) is 11.3. The summed E-state index contributed by atoms with van der Waals surface area (Å²) in [5.74, 6) is -2.76. The SMILES string of the molecule is O=C(O)C(F)(F)F.O=S(=O)(Nc1nccs1)c1ccc2c(C3CCCN3C3CCOCC3)cccc2c1. The molecule has 13 heteroatoms. The molecule has 1 aromatic heterocycles. The lowest BCUT2D eigenvalue weighted by atomic mass is 9.95. The molecule has 2 aliphatic heterocycles. The first-order valence-electron chi connectivity index (χ1n) is 11.6. The number of alkyl halides is 3. The van der Waals surface area contributed by atoms with E-state index in [0.29, 0.717) is 17.2 Å². The van der Waals surface area contributed by atoms with E-state index in [-0.39, 0.29) is 4.90 Å². The van der Waals surface area contributed by atoms with Gasteiger partial charge in [-0.1, -0.05) is 24.3 Å². The number of carboxylic acid groups (broad SMARTS) is 1. The molecular formula is C24H26F3N3O5S2. The zero-order chi connectivity index (χ0) is 26.6. The van der Waals surface area contributed by atoms with Crippen molar-refractivity contribution in [3.63, 3.8) is 0 Å². The van der Waals surface area contributed by atoms with Gasteiger partial charge in [0, 0.05) is 36.9 Å². The highest BCUT2D eigenvalue weighted by molar-refractivity contribution is 7.93. The Morgan fingerprint density at radius 3 is 2.54 bits per heavy atom. The molecule has 8 nitrogen and oxygen atoms in total. The minimum Gasteiger partial charge on any atom is -0.475 e. The second kappa shape index (κ2) is 11.3. The number of benzene rings is 2. The van der Waals surface area contributed by atoms with Crippen LogP contribution in [0.1, 0.15) is 37.3 Å². The van der Waals surface area contributed by atoms with Gasteiger partial charge in [-0.15, -0.1) is 11.3 Å². The Hall–Kier alpha value is -2.74. The van der Waals surface area contributed by atoms with Gasteiger partial charge in [0.05, 0.1) is 4.90 Å². The third-order valence-electron chi connectivity index (χ3n) is 6.41. The van der Waals surface area contributed by atoms with Crippen molar-refractivity contribution in [2.75, 3.05) is 24.5 Å². The topological polar surface area (TPSA) is 109 Å². The number of fused-ring (bicyclic) bond motifs is 1. The zero-order valence-corrected chi connectivity index (χ0v) is 21.3. The van der Waals surface area contributed by atoms with Crippen LogP contribution in [0, 0.1) is 0 Å². The molecule has 0 radical (unpaired) electrons. The molecule has 0 spiro atoms. The number of halogens is 3. The smallest absolute Gasteiger partial charge is 0.475 e. The number of nitrogens with one attached hydrogen (secondary N) is 1. The summed E-state index contributed by atoms with van der Waals surface area (Å²) in [5, 5.41) is 11.3. The van der Waals surface area contributed by atoms with Gasteiger partial charge in [0.25, 0.3) is 10.0 Å². The lowest BCUT2D eigenvalue weighted by molar-refractivity contribution is -0.192. The fraction of sp³-hybridized carbons (Fsp3) is 0.417. The van der Waals surface area contributed by atoms with E-state index in [4.69, 9.17) is 14.6 Å². The number of aromatic nitrogens is 1. The molecule has 5 rings (SSSR count). The average Bonchev–Trinajstić information content (AvgIpc) is 3.56. The van der Waals surface area contributed by atoms with Crippen molar-refractivity contribution in [2.24, 2.45) is 0 Å². The lowest BCUT2D eigenvalue weighted by Gasteiger charge is -2.36. The van der Waals surface area contributed by atoms with E-state index in [0.717, 1.165) is 49.8 Å². The molecule has 2 saturated heterocycles. The van der Waals surface area contributed by atoms with Crippen LogP contribution < -0.4 is 4.72 Å². The summed E-state index contributed by atoms with van der Waals surface area (Å²) >= 11 is 1.27. The number of likely N-dealkylation sites (tertiary alicyclic amines) is 1. The van der Waals surface area contributed by atoms with Gasteiger partial charge >= 0.3 is 12.1 Å². The van der Waals surface area contributed by atoms with E-state index in [1.165, 1.54) is 23.3 Å². The minimum atomic E-state index is -5.08. The number of ether oxygens (including phenoxy) is 1. The highest BCUT2D eigenvalue weighted by Crippen LogP contribution is 2.39. The van der Waals surface area contributed by atoms with E-state index in [9.17, 15) is 21.6 Å². The van der Waals surface area contributed by atoms with E-state index in [1.807, 2.05) is 18.2 Å². The summed E-state index contributed by atoms with van der Waals surface area (Å²) < 4.78 is 65.4. The van der Waals surface area contributed by atoms with Gasteiger partial charge in [0.2, 0.25) is 0 Å². The molecule has 2 N–H and O–H groups in total. The zero-order valence-electron chi connectivity index (χ0n) is 19.6. The summed E-state index contributed by atoms with van der Waals surface area (Å²) in [7, 11) is -3.66. The Kier molecular flexibility index (Phi) is 8.36. The molecule has 2 aliphatic rings. The Balaban J connectivity index is 0.000000405. The summed E-state index contributed by atoms with van der Waals surface area (Å²) in [6.07, 6.45) is 1.02. The minimum absolute atomic E-state index is 0.259. The molecule has 2 fully saturated rings. The average molecular weight is 558 g/mol. The predicted octanol–water partition coefficient (Wildman–Crippen LogP) is 5.05. The first-order chi connectivity index (χ1) is 17.6. The molecule has 1 atom stereocenters. The van der Waals surface area contributed by atoms with Gasteiger partial charge < -0.3 is 9.84 Å². The number of hydrogen-bond donors (Lipinski definition) is 2. The fourth-order valence-electron chi connectivity index (χ4n) is 4.77. The number of hydrogen-bond acceptors (Lipinski definition) is 7. The third-order valence-corrected chi connectivity index (χ3v) is 8.56. The molecule has 37 heavy (non-hydrogen) atoms.